The molecule has 0 saturated heterocycles. The Bertz CT molecular complexity index is 744. The van der Waals surface area contributed by atoms with E-state index in [-0.39, 0.29) is 23.9 Å². The first-order chi connectivity index (χ1) is 12.1. The number of hydrogen-bond donors (Lipinski definition) is 3. The molecule has 6 heteroatoms. The summed E-state index contributed by atoms with van der Waals surface area (Å²) in [5, 5.41) is 8.64. The van der Waals surface area contributed by atoms with Gasteiger partial charge in [0.1, 0.15) is 0 Å². The lowest BCUT2D eigenvalue weighted by molar-refractivity contribution is -0.117. The van der Waals surface area contributed by atoms with Crippen LogP contribution in [0.25, 0.3) is 0 Å². The van der Waals surface area contributed by atoms with Crippen LogP contribution < -0.4 is 16.0 Å². The van der Waals surface area contributed by atoms with E-state index in [2.05, 4.69) is 20.9 Å². The molecule has 0 unspecified atom stereocenters. The average Bonchev–Trinajstić information content (AvgIpc) is 3.46. The summed E-state index contributed by atoms with van der Waals surface area (Å²) in [5.74, 6) is 0.247. The van der Waals surface area contributed by atoms with Crippen molar-refractivity contribution in [1.29, 1.82) is 0 Å². The van der Waals surface area contributed by atoms with Crippen LogP contribution in [0.4, 0.5) is 10.5 Å². The van der Waals surface area contributed by atoms with Crippen molar-refractivity contribution in [2.24, 2.45) is 5.92 Å². The van der Waals surface area contributed by atoms with Crippen LogP contribution in [0.3, 0.4) is 0 Å². The quantitative estimate of drug-likeness (QED) is 0.757. The van der Waals surface area contributed by atoms with Crippen LogP contribution in [-0.2, 0) is 11.3 Å². The van der Waals surface area contributed by atoms with Crippen molar-refractivity contribution >= 4 is 17.6 Å². The van der Waals surface area contributed by atoms with Gasteiger partial charge in [-0.15, -0.1) is 0 Å². The topological polar surface area (TPSA) is 83.1 Å². The van der Waals surface area contributed by atoms with Crippen molar-refractivity contribution < 1.29 is 9.59 Å². The molecule has 1 fully saturated rings. The number of benzene rings is 1. The monoisotopic (exact) mass is 338 g/mol. The van der Waals surface area contributed by atoms with E-state index < -0.39 is 0 Å². The molecule has 3 N–H and O–H groups in total. The van der Waals surface area contributed by atoms with E-state index in [1.165, 1.54) is 0 Å². The standard InChI is InChI=1S/C19H22N4O2/c1-13(15-7-9-20-10-8-15)22-19(25)21-12-14-3-2-4-17(11-14)23-18(24)16-5-6-16/h2-4,7-11,13,16H,5-6,12H2,1H3,(H,23,24)(H2,21,22,25)/t13-/m0/s1. The summed E-state index contributed by atoms with van der Waals surface area (Å²) in [5.41, 5.74) is 2.69. The molecule has 1 heterocycles. The number of pyridine rings is 1. The summed E-state index contributed by atoms with van der Waals surface area (Å²) < 4.78 is 0. The van der Waals surface area contributed by atoms with Gasteiger partial charge in [0.25, 0.3) is 0 Å². The lowest BCUT2D eigenvalue weighted by atomic mass is 10.1. The minimum atomic E-state index is -0.239. The van der Waals surface area contributed by atoms with E-state index in [9.17, 15) is 9.59 Å². The first-order valence-corrected chi connectivity index (χ1v) is 8.46. The maximum absolute atomic E-state index is 12.1. The fourth-order valence-corrected chi connectivity index (χ4v) is 2.51. The third-order valence-electron chi connectivity index (χ3n) is 4.15. The van der Waals surface area contributed by atoms with E-state index in [0.717, 1.165) is 29.7 Å². The Morgan fingerprint density at radius 3 is 2.68 bits per heavy atom. The number of anilines is 1. The van der Waals surface area contributed by atoms with Gasteiger partial charge < -0.3 is 16.0 Å². The molecule has 2 aromatic rings. The number of carbonyl (C=O) groups is 2. The Labute approximate surface area is 147 Å². The predicted octanol–water partition coefficient (Wildman–Crippen LogP) is 2.99. The maximum Gasteiger partial charge on any atom is 0.315 e. The van der Waals surface area contributed by atoms with Crippen molar-refractivity contribution in [1.82, 2.24) is 15.6 Å². The summed E-state index contributed by atoms with van der Waals surface area (Å²) in [6.45, 7) is 2.31. The van der Waals surface area contributed by atoms with Gasteiger partial charge in [-0.25, -0.2) is 4.79 Å². The number of carbonyl (C=O) groups excluding carboxylic acids is 2. The summed E-state index contributed by atoms with van der Waals surface area (Å²) >= 11 is 0. The first kappa shape index (κ1) is 17.0. The molecule has 1 aliphatic carbocycles. The van der Waals surface area contributed by atoms with Gasteiger partial charge in [-0.2, -0.15) is 0 Å². The Balaban J connectivity index is 1.49. The molecule has 6 nitrogen and oxygen atoms in total. The number of amides is 3. The molecule has 0 radical (unpaired) electrons. The molecule has 1 aromatic heterocycles. The van der Waals surface area contributed by atoms with Crippen LogP contribution in [0.5, 0.6) is 0 Å². The molecular weight excluding hydrogens is 316 g/mol. The fraction of sp³-hybridized carbons (Fsp3) is 0.316. The van der Waals surface area contributed by atoms with Gasteiger partial charge in [0.2, 0.25) is 5.91 Å². The fourth-order valence-electron chi connectivity index (χ4n) is 2.51. The highest BCUT2D eigenvalue weighted by molar-refractivity contribution is 5.94. The third-order valence-corrected chi connectivity index (χ3v) is 4.15. The Morgan fingerprint density at radius 2 is 1.96 bits per heavy atom. The summed E-state index contributed by atoms with van der Waals surface area (Å²) in [4.78, 5) is 27.8. The highest BCUT2D eigenvalue weighted by Crippen LogP contribution is 2.30. The number of aromatic nitrogens is 1. The van der Waals surface area contributed by atoms with Crippen LogP contribution in [0.15, 0.2) is 48.8 Å². The van der Waals surface area contributed by atoms with Crippen molar-refractivity contribution in [3.63, 3.8) is 0 Å². The Morgan fingerprint density at radius 1 is 1.20 bits per heavy atom. The SMILES string of the molecule is C[C@H](NC(=O)NCc1cccc(NC(=O)C2CC2)c1)c1ccncc1. The summed E-state index contributed by atoms with van der Waals surface area (Å²) in [7, 11) is 0. The van der Waals surface area contributed by atoms with Crippen LogP contribution >= 0.6 is 0 Å². The van der Waals surface area contributed by atoms with Gasteiger partial charge in [0.05, 0.1) is 6.04 Å². The molecule has 1 saturated carbocycles. The van der Waals surface area contributed by atoms with E-state index in [1.807, 2.05) is 43.3 Å². The molecular formula is C19H22N4O2. The van der Waals surface area contributed by atoms with Crippen LogP contribution in [0.2, 0.25) is 0 Å². The van der Waals surface area contributed by atoms with Gasteiger partial charge in [0.15, 0.2) is 0 Å². The minimum Gasteiger partial charge on any atom is -0.334 e. The molecule has 3 rings (SSSR count). The molecule has 3 amide bonds. The number of rotatable bonds is 6. The lowest BCUT2D eigenvalue weighted by Gasteiger charge is -2.15. The second-order valence-corrected chi connectivity index (χ2v) is 6.29. The predicted molar refractivity (Wildman–Crippen MR) is 95.8 cm³/mol. The zero-order valence-electron chi connectivity index (χ0n) is 14.2. The Kier molecular flexibility index (Phi) is 5.28. The van der Waals surface area contributed by atoms with Gasteiger partial charge in [0, 0.05) is 30.5 Å². The van der Waals surface area contributed by atoms with Gasteiger partial charge in [-0.05, 0) is 55.2 Å². The zero-order valence-corrected chi connectivity index (χ0v) is 14.2. The van der Waals surface area contributed by atoms with Gasteiger partial charge in [-0.3, -0.25) is 9.78 Å². The molecule has 0 bridgehead atoms. The highest BCUT2D eigenvalue weighted by atomic mass is 16.2. The van der Waals surface area contributed by atoms with Crippen molar-refractivity contribution in [2.75, 3.05) is 5.32 Å². The highest BCUT2D eigenvalue weighted by Gasteiger charge is 2.29. The Hall–Kier alpha value is -2.89. The van der Waals surface area contributed by atoms with E-state index in [0.29, 0.717) is 6.54 Å². The second kappa shape index (κ2) is 7.79. The van der Waals surface area contributed by atoms with Crippen LogP contribution in [-0.4, -0.2) is 16.9 Å². The number of urea groups is 1. The van der Waals surface area contributed by atoms with Crippen molar-refractivity contribution in [3.05, 3.63) is 59.9 Å². The van der Waals surface area contributed by atoms with E-state index in [4.69, 9.17) is 0 Å². The molecule has 25 heavy (non-hydrogen) atoms. The number of nitrogens with one attached hydrogen (secondary N) is 3. The number of nitrogens with zero attached hydrogens (tertiary/aromatic N) is 1. The van der Waals surface area contributed by atoms with Crippen molar-refractivity contribution in [2.45, 2.75) is 32.4 Å². The molecule has 1 atom stereocenters. The first-order valence-electron chi connectivity index (χ1n) is 8.46. The normalized spacial score (nSPS) is 14.4. The van der Waals surface area contributed by atoms with Gasteiger partial charge in [-0.1, -0.05) is 12.1 Å². The molecule has 0 aliphatic heterocycles. The van der Waals surface area contributed by atoms with Crippen LogP contribution in [0.1, 0.15) is 36.9 Å². The molecule has 0 spiro atoms. The maximum atomic E-state index is 12.1. The summed E-state index contributed by atoms with van der Waals surface area (Å²) in [6, 6.07) is 10.9. The van der Waals surface area contributed by atoms with Crippen LogP contribution in [0, 0.1) is 5.92 Å². The summed E-state index contributed by atoms with van der Waals surface area (Å²) in [6.07, 6.45) is 5.35. The van der Waals surface area contributed by atoms with E-state index in [1.54, 1.807) is 12.4 Å². The van der Waals surface area contributed by atoms with E-state index >= 15 is 0 Å². The average molecular weight is 338 g/mol. The minimum absolute atomic E-state index is 0.0778. The second-order valence-electron chi connectivity index (χ2n) is 6.29. The largest absolute Gasteiger partial charge is 0.334 e. The lowest BCUT2D eigenvalue weighted by Crippen LogP contribution is -2.36. The third kappa shape index (κ3) is 5.04. The molecule has 1 aromatic carbocycles. The number of hydrogen-bond acceptors (Lipinski definition) is 3. The van der Waals surface area contributed by atoms with Crippen molar-refractivity contribution in [3.8, 4) is 0 Å². The molecule has 1 aliphatic rings. The zero-order chi connectivity index (χ0) is 17.6. The van der Waals surface area contributed by atoms with Gasteiger partial charge >= 0.3 is 6.03 Å². The smallest absolute Gasteiger partial charge is 0.315 e. The molecule has 130 valence electrons.